The van der Waals surface area contributed by atoms with Crippen molar-refractivity contribution in [3.63, 3.8) is 0 Å². The Morgan fingerprint density at radius 1 is 1.10 bits per heavy atom. The van der Waals surface area contributed by atoms with Crippen molar-refractivity contribution in [2.75, 3.05) is 45.9 Å². The van der Waals surface area contributed by atoms with Crippen molar-refractivity contribution in [3.8, 4) is 0 Å². The van der Waals surface area contributed by atoms with E-state index in [1.54, 1.807) is 0 Å². The van der Waals surface area contributed by atoms with Gasteiger partial charge in [0.2, 0.25) is 0 Å². The second kappa shape index (κ2) is 8.74. The lowest BCUT2D eigenvalue weighted by Gasteiger charge is -2.35. The van der Waals surface area contributed by atoms with Crippen LogP contribution in [0.25, 0.3) is 0 Å². The smallest absolute Gasteiger partial charge is 0.0712 e. The average molecular weight is 311 g/mol. The van der Waals surface area contributed by atoms with Crippen molar-refractivity contribution in [1.29, 1.82) is 0 Å². The summed E-state index contributed by atoms with van der Waals surface area (Å²) in [4.78, 5) is 4.73. The van der Waals surface area contributed by atoms with Crippen LogP contribution in [-0.2, 0) is 6.42 Å². The maximum absolute atomic E-state index is 8.96. The van der Waals surface area contributed by atoms with Crippen LogP contribution < -0.4 is 0 Å². The molecule has 1 aromatic rings. The monoisotopic (exact) mass is 310 g/mol. The van der Waals surface area contributed by atoms with Crippen LogP contribution >= 0.6 is 11.6 Å². The van der Waals surface area contributed by atoms with E-state index in [0.717, 1.165) is 45.7 Å². The van der Waals surface area contributed by atoms with E-state index < -0.39 is 0 Å². The molecule has 3 nitrogen and oxygen atoms in total. The first-order chi connectivity index (χ1) is 10.2. The van der Waals surface area contributed by atoms with Gasteiger partial charge in [-0.15, -0.1) is 11.6 Å². The Balaban J connectivity index is 1.80. The molecule has 1 fully saturated rings. The van der Waals surface area contributed by atoms with Crippen LogP contribution in [0.4, 0.5) is 0 Å². The molecular formula is C17H27ClN2O. The highest BCUT2D eigenvalue weighted by atomic mass is 35.5. The predicted molar refractivity (Wildman–Crippen MR) is 89.0 cm³/mol. The number of rotatable bonds is 7. The lowest BCUT2D eigenvalue weighted by atomic mass is 10.1. The zero-order valence-electron chi connectivity index (χ0n) is 13.0. The van der Waals surface area contributed by atoms with E-state index in [1.807, 2.05) is 0 Å². The number of hydrogen-bond acceptors (Lipinski definition) is 3. The van der Waals surface area contributed by atoms with Crippen molar-refractivity contribution >= 4 is 11.6 Å². The van der Waals surface area contributed by atoms with Gasteiger partial charge in [0.15, 0.2) is 0 Å². The van der Waals surface area contributed by atoms with E-state index in [1.165, 1.54) is 17.5 Å². The molecule has 0 aromatic heterocycles. The molecule has 1 aliphatic heterocycles. The molecule has 0 radical (unpaired) electrons. The number of halogens is 1. The zero-order chi connectivity index (χ0) is 15.1. The molecule has 0 bridgehead atoms. The minimum atomic E-state index is 0.0602. The highest BCUT2D eigenvalue weighted by Crippen LogP contribution is 2.23. The van der Waals surface area contributed by atoms with Gasteiger partial charge in [-0.2, -0.15) is 0 Å². The summed E-state index contributed by atoms with van der Waals surface area (Å²) >= 11 is 6.57. The highest BCUT2D eigenvalue weighted by Gasteiger charge is 2.19. The summed E-state index contributed by atoms with van der Waals surface area (Å²) in [6, 6.07) is 8.75. The molecule has 1 atom stereocenters. The summed E-state index contributed by atoms with van der Waals surface area (Å²) in [5.74, 6) is 0. The summed E-state index contributed by atoms with van der Waals surface area (Å²) in [5, 5.41) is 9.02. The summed E-state index contributed by atoms with van der Waals surface area (Å²) in [6.45, 7) is 8.28. The Hall–Kier alpha value is -0.610. The fourth-order valence-electron chi connectivity index (χ4n) is 2.85. The standard InChI is InChI=1S/C17H27ClN2O/c1-2-3-15-4-6-16(7-5-15)17(18)14-20-10-8-19(9-11-20)12-13-21/h4-7,17,21H,2-3,8-14H2,1H3. The first-order valence-electron chi connectivity index (χ1n) is 8.01. The Morgan fingerprint density at radius 3 is 2.29 bits per heavy atom. The fourth-order valence-corrected chi connectivity index (χ4v) is 3.19. The molecule has 0 spiro atoms. The number of β-amino-alcohol motifs (C(OH)–C–C–N with tert-alkyl or cyclic N) is 1. The Kier molecular flexibility index (Phi) is 6.97. The highest BCUT2D eigenvalue weighted by molar-refractivity contribution is 6.21. The number of alkyl halides is 1. The number of aliphatic hydroxyl groups is 1. The molecule has 1 N–H and O–H groups in total. The van der Waals surface area contributed by atoms with Gasteiger partial charge in [-0.3, -0.25) is 9.80 Å². The van der Waals surface area contributed by atoms with Crippen LogP contribution in [0.15, 0.2) is 24.3 Å². The largest absolute Gasteiger partial charge is 0.395 e. The average Bonchev–Trinajstić information content (AvgIpc) is 2.50. The third-order valence-electron chi connectivity index (χ3n) is 4.18. The number of benzene rings is 1. The van der Waals surface area contributed by atoms with Crippen LogP contribution in [0.3, 0.4) is 0 Å². The van der Waals surface area contributed by atoms with E-state index in [-0.39, 0.29) is 12.0 Å². The van der Waals surface area contributed by atoms with Crippen LogP contribution in [-0.4, -0.2) is 60.8 Å². The summed E-state index contributed by atoms with van der Waals surface area (Å²) < 4.78 is 0. The number of hydrogen-bond donors (Lipinski definition) is 1. The number of aryl methyl sites for hydroxylation is 1. The first-order valence-corrected chi connectivity index (χ1v) is 8.45. The van der Waals surface area contributed by atoms with Crippen molar-refractivity contribution < 1.29 is 5.11 Å². The molecule has 1 heterocycles. The van der Waals surface area contributed by atoms with E-state index in [0.29, 0.717) is 0 Å². The number of piperazine rings is 1. The lowest BCUT2D eigenvalue weighted by Crippen LogP contribution is -2.47. The number of aliphatic hydroxyl groups excluding tert-OH is 1. The van der Waals surface area contributed by atoms with Crippen molar-refractivity contribution in [2.45, 2.75) is 25.1 Å². The third kappa shape index (κ3) is 5.26. The van der Waals surface area contributed by atoms with Gasteiger partial charge in [-0.25, -0.2) is 0 Å². The quantitative estimate of drug-likeness (QED) is 0.784. The van der Waals surface area contributed by atoms with Gasteiger partial charge in [0, 0.05) is 39.3 Å². The van der Waals surface area contributed by atoms with Crippen LogP contribution in [0.1, 0.15) is 29.8 Å². The van der Waals surface area contributed by atoms with Crippen molar-refractivity contribution in [3.05, 3.63) is 35.4 Å². The molecule has 118 valence electrons. The van der Waals surface area contributed by atoms with E-state index in [2.05, 4.69) is 41.0 Å². The van der Waals surface area contributed by atoms with E-state index in [4.69, 9.17) is 16.7 Å². The molecule has 1 unspecified atom stereocenters. The van der Waals surface area contributed by atoms with Gasteiger partial charge in [-0.1, -0.05) is 37.6 Å². The normalized spacial score (nSPS) is 18.8. The maximum atomic E-state index is 8.96. The molecule has 2 rings (SSSR count). The summed E-state index contributed by atoms with van der Waals surface area (Å²) in [5.41, 5.74) is 2.61. The third-order valence-corrected chi connectivity index (χ3v) is 4.57. The maximum Gasteiger partial charge on any atom is 0.0712 e. The molecule has 1 aliphatic rings. The van der Waals surface area contributed by atoms with Crippen LogP contribution in [0.5, 0.6) is 0 Å². The predicted octanol–water partition coefficient (Wildman–Crippen LogP) is 2.53. The van der Waals surface area contributed by atoms with Crippen LogP contribution in [0, 0.1) is 0 Å². The fraction of sp³-hybridized carbons (Fsp3) is 0.647. The van der Waals surface area contributed by atoms with Crippen molar-refractivity contribution in [1.82, 2.24) is 9.80 Å². The summed E-state index contributed by atoms with van der Waals surface area (Å²) in [6.07, 6.45) is 2.32. The molecule has 21 heavy (non-hydrogen) atoms. The zero-order valence-corrected chi connectivity index (χ0v) is 13.7. The molecule has 0 saturated carbocycles. The lowest BCUT2D eigenvalue weighted by molar-refractivity contribution is 0.112. The minimum Gasteiger partial charge on any atom is -0.395 e. The van der Waals surface area contributed by atoms with Crippen molar-refractivity contribution in [2.24, 2.45) is 0 Å². The van der Waals surface area contributed by atoms with E-state index >= 15 is 0 Å². The van der Waals surface area contributed by atoms with Gasteiger partial charge in [-0.05, 0) is 17.5 Å². The van der Waals surface area contributed by atoms with Crippen LogP contribution in [0.2, 0.25) is 0 Å². The Bertz CT molecular complexity index is 402. The second-order valence-electron chi connectivity index (χ2n) is 5.82. The molecule has 4 heteroatoms. The molecule has 0 aliphatic carbocycles. The topological polar surface area (TPSA) is 26.7 Å². The van der Waals surface area contributed by atoms with Gasteiger partial charge in [0.1, 0.15) is 0 Å². The van der Waals surface area contributed by atoms with E-state index in [9.17, 15) is 0 Å². The first kappa shape index (κ1) is 16.8. The van der Waals surface area contributed by atoms with Gasteiger partial charge >= 0.3 is 0 Å². The van der Waals surface area contributed by atoms with Gasteiger partial charge < -0.3 is 5.11 Å². The Labute approximate surface area is 133 Å². The second-order valence-corrected chi connectivity index (χ2v) is 6.35. The van der Waals surface area contributed by atoms with Gasteiger partial charge in [0.25, 0.3) is 0 Å². The molecule has 0 amide bonds. The SMILES string of the molecule is CCCc1ccc(C(Cl)CN2CCN(CCO)CC2)cc1. The Morgan fingerprint density at radius 2 is 1.71 bits per heavy atom. The minimum absolute atomic E-state index is 0.0602. The molecule has 1 saturated heterocycles. The molecule has 1 aromatic carbocycles. The van der Waals surface area contributed by atoms with Gasteiger partial charge in [0.05, 0.1) is 12.0 Å². The number of nitrogens with zero attached hydrogens (tertiary/aromatic N) is 2. The molecular weight excluding hydrogens is 284 g/mol. The summed E-state index contributed by atoms with van der Waals surface area (Å²) in [7, 11) is 0.